The van der Waals surface area contributed by atoms with Gasteiger partial charge in [-0.2, -0.15) is 4.80 Å². The Morgan fingerprint density at radius 2 is 1.68 bits per heavy atom. The summed E-state index contributed by atoms with van der Waals surface area (Å²) in [4.78, 5) is 5.65. The van der Waals surface area contributed by atoms with Crippen LogP contribution in [0.4, 0.5) is 0 Å². The molecule has 124 valence electrons. The van der Waals surface area contributed by atoms with Crippen molar-refractivity contribution in [2.24, 2.45) is 0 Å². The molecule has 0 radical (unpaired) electrons. The van der Waals surface area contributed by atoms with Crippen LogP contribution < -0.4 is 9.47 Å². The van der Waals surface area contributed by atoms with Crippen molar-refractivity contribution in [2.75, 3.05) is 14.2 Å². The molecule has 0 saturated carbocycles. The van der Waals surface area contributed by atoms with E-state index in [1.165, 1.54) is 0 Å². The molecule has 0 bridgehead atoms. The zero-order chi connectivity index (χ0) is 17.2. The van der Waals surface area contributed by atoms with Crippen LogP contribution in [0, 0.1) is 0 Å². The zero-order valence-corrected chi connectivity index (χ0v) is 13.9. The van der Waals surface area contributed by atoms with E-state index in [4.69, 9.17) is 9.47 Å². The second-order valence-corrected chi connectivity index (χ2v) is 5.43. The van der Waals surface area contributed by atoms with Gasteiger partial charge >= 0.3 is 0 Å². The molecule has 0 N–H and O–H groups in total. The summed E-state index contributed by atoms with van der Waals surface area (Å²) in [5, 5.41) is 9.24. The van der Waals surface area contributed by atoms with Gasteiger partial charge in [0.2, 0.25) is 0 Å². The Morgan fingerprint density at radius 1 is 0.840 bits per heavy atom. The van der Waals surface area contributed by atoms with Crippen molar-refractivity contribution >= 4 is 11.0 Å². The van der Waals surface area contributed by atoms with E-state index < -0.39 is 0 Å². The molecule has 0 atom stereocenters. The van der Waals surface area contributed by atoms with Gasteiger partial charge in [0.1, 0.15) is 22.5 Å². The molecular formula is C19H16N4O2. The third-order valence-electron chi connectivity index (χ3n) is 4.00. The fourth-order valence-electron chi connectivity index (χ4n) is 2.77. The minimum absolute atomic E-state index is 0.727. The van der Waals surface area contributed by atoms with Gasteiger partial charge in [0.05, 0.1) is 19.9 Å². The highest BCUT2D eigenvalue weighted by Gasteiger charge is 2.14. The number of fused-ring (bicyclic) bond motifs is 1. The monoisotopic (exact) mass is 332 g/mol. The lowest BCUT2D eigenvalue weighted by Gasteiger charge is -2.10. The van der Waals surface area contributed by atoms with Crippen LogP contribution in [-0.2, 0) is 0 Å². The fourth-order valence-corrected chi connectivity index (χ4v) is 2.77. The number of benzene rings is 2. The first-order chi connectivity index (χ1) is 12.3. The van der Waals surface area contributed by atoms with E-state index in [9.17, 15) is 0 Å². The van der Waals surface area contributed by atoms with Gasteiger partial charge in [-0.1, -0.05) is 12.1 Å². The summed E-state index contributed by atoms with van der Waals surface area (Å²) in [6.45, 7) is 0. The lowest BCUT2D eigenvalue weighted by Crippen LogP contribution is -1.98. The van der Waals surface area contributed by atoms with Crippen molar-refractivity contribution in [2.45, 2.75) is 0 Å². The number of pyridine rings is 1. The number of hydrogen-bond donors (Lipinski definition) is 0. The van der Waals surface area contributed by atoms with E-state index in [0.29, 0.717) is 0 Å². The Morgan fingerprint density at radius 3 is 2.44 bits per heavy atom. The Bertz CT molecular complexity index is 1030. The highest BCUT2D eigenvalue weighted by molar-refractivity contribution is 5.93. The maximum absolute atomic E-state index is 5.54. The minimum Gasteiger partial charge on any atom is -0.497 e. The predicted molar refractivity (Wildman–Crippen MR) is 95.2 cm³/mol. The molecule has 25 heavy (non-hydrogen) atoms. The van der Waals surface area contributed by atoms with Gasteiger partial charge in [-0.15, -0.1) is 10.2 Å². The van der Waals surface area contributed by atoms with Crippen molar-refractivity contribution < 1.29 is 9.47 Å². The summed E-state index contributed by atoms with van der Waals surface area (Å²) in [6.07, 6.45) is 3.44. The first kappa shape index (κ1) is 15.1. The number of methoxy groups -OCH3 is 2. The molecule has 0 aliphatic rings. The van der Waals surface area contributed by atoms with E-state index in [1.54, 1.807) is 31.4 Å². The van der Waals surface area contributed by atoms with E-state index in [1.807, 2.05) is 48.5 Å². The van der Waals surface area contributed by atoms with Crippen molar-refractivity contribution in [3.05, 3.63) is 60.9 Å². The molecule has 0 amide bonds. The Labute approximate surface area is 144 Å². The van der Waals surface area contributed by atoms with E-state index in [-0.39, 0.29) is 0 Å². The molecule has 0 unspecified atom stereocenters. The van der Waals surface area contributed by atoms with Gasteiger partial charge in [0, 0.05) is 29.6 Å². The summed E-state index contributed by atoms with van der Waals surface area (Å²) in [5.74, 6) is 1.47. The van der Waals surface area contributed by atoms with Crippen molar-refractivity contribution in [1.82, 2.24) is 20.0 Å². The second-order valence-electron chi connectivity index (χ2n) is 5.43. The van der Waals surface area contributed by atoms with Crippen LogP contribution in [0.5, 0.6) is 11.5 Å². The molecule has 2 heterocycles. The van der Waals surface area contributed by atoms with Gasteiger partial charge in [0.25, 0.3) is 0 Å². The normalized spacial score (nSPS) is 10.8. The van der Waals surface area contributed by atoms with Crippen LogP contribution in [0.2, 0.25) is 0 Å². The quantitative estimate of drug-likeness (QED) is 0.572. The lowest BCUT2D eigenvalue weighted by atomic mass is 10.0. The number of nitrogens with zero attached hydrogens (tertiary/aromatic N) is 4. The number of aromatic nitrogens is 4. The smallest absolute Gasteiger partial charge is 0.130 e. The lowest BCUT2D eigenvalue weighted by molar-refractivity contribution is 0.395. The molecule has 4 aromatic rings. The molecule has 0 spiro atoms. The van der Waals surface area contributed by atoms with E-state index in [2.05, 4.69) is 15.2 Å². The molecule has 6 nitrogen and oxygen atoms in total. The minimum atomic E-state index is 0.727. The maximum atomic E-state index is 5.54. The number of hydrogen-bond acceptors (Lipinski definition) is 5. The third kappa shape index (κ3) is 2.67. The summed E-state index contributed by atoms with van der Waals surface area (Å²) in [7, 11) is 3.28. The first-order valence-electron chi connectivity index (χ1n) is 7.79. The summed E-state index contributed by atoms with van der Waals surface area (Å²) in [6, 6.07) is 15.4. The van der Waals surface area contributed by atoms with Crippen molar-refractivity contribution in [1.29, 1.82) is 0 Å². The average Bonchev–Trinajstić information content (AvgIpc) is 3.12. The van der Waals surface area contributed by atoms with Gasteiger partial charge < -0.3 is 9.47 Å². The number of ether oxygens (including phenoxy) is 2. The second kappa shape index (κ2) is 6.24. The maximum Gasteiger partial charge on any atom is 0.130 e. The topological polar surface area (TPSA) is 62.1 Å². The molecule has 4 rings (SSSR count). The molecule has 2 aromatic carbocycles. The summed E-state index contributed by atoms with van der Waals surface area (Å²) >= 11 is 0. The van der Waals surface area contributed by atoms with Gasteiger partial charge in [-0.25, -0.2) is 0 Å². The van der Waals surface area contributed by atoms with Crippen LogP contribution in [0.15, 0.2) is 60.9 Å². The molecule has 2 aromatic heterocycles. The molecule has 0 aliphatic heterocycles. The molecular weight excluding hydrogens is 316 g/mol. The Kier molecular flexibility index (Phi) is 3.78. The van der Waals surface area contributed by atoms with E-state index in [0.717, 1.165) is 39.3 Å². The average molecular weight is 332 g/mol. The zero-order valence-electron chi connectivity index (χ0n) is 13.9. The Balaban J connectivity index is 1.90. The van der Waals surface area contributed by atoms with Crippen molar-refractivity contribution in [3.8, 4) is 28.3 Å². The molecule has 0 fully saturated rings. The van der Waals surface area contributed by atoms with Gasteiger partial charge in [-0.05, 0) is 30.3 Å². The van der Waals surface area contributed by atoms with Crippen LogP contribution >= 0.6 is 0 Å². The fraction of sp³-hybridized carbons (Fsp3) is 0.105. The van der Waals surface area contributed by atoms with Crippen LogP contribution in [0.1, 0.15) is 0 Å². The summed E-state index contributed by atoms with van der Waals surface area (Å²) < 4.78 is 10.8. The van der Waals surface area contributed by atoms with Crippen LogP contribution in [0.25, 0.3) is 27.8 Å². The standard InChI is InChI=1S/C19H16N4O2/c1-24-14-6-7-15(18(12-14)25-2)16-4-3-5-17-19(16)22-23(21-17)13-8-10-20-11-9-13/h3-12H,1-2H3. The van der Waals surface area contributed by atoms with Crippen molar-refractivity contribution in [3.63, 3.8) is 0 Å². The highest BCUT2D eigenvalue weighted by Crippen LogP contribution is 2.36. The predicted octanol–water partition coefficient (Wildman–Crippen LogP) is 3.50. The first-order valence-corrected chi connectivity index (χ1v) is 7.79. The van der Waals surface area contributed by atoms with Gasteiger partial charge in [0.15, 0.2) is 0 Å². The highest BCUT2D eigenvalue weighted by atomic mass is 16.5. The SMILES string of the molecule is COc1ccc(-c2cccc3nn(-c4ccncc4)nc23)c(OC)c1. The van der Waals surface area contributed by atoms with Crippen LogP contribution in [-0.4, -0.2) is 34.2 Å². The van der Waals surface area contributed by atoms with Gasteiger partial charge in [-0.3, -0.25) is 4.98 Å². The Hall–Kier alpha value is -3.41. The molecule has 6 heteroatoms. The summed E-state index contributed by atoms with van der Waals surface area (Å²) in [5.41, 5.74) is 4.38. The van der Waals surface area contributed by atoms with E-state index >= 15 is 0 Å². The largest absolute Gasteiger partial charge is 0.497 e. The van der Waals surface area contributed by atoms with Crippen LogP contribution in [0.3, 0.4) is 0 Å². The molecule has 0 aliphatic carbocycles. The molecule has 0 saturated heterocycles. The third-order valence-corrected chi connectivity index (χ3v) is 4.00. The number of rotatable bonds is 4.